The number of nitrogens with two attached hydrogens (primary N) is 1. The summed E-state index contributed by atoms with van der Waals surface area (Å²) in [6, 6.07) is 3.70. The Hall–Kier alpha value is -1.30. The van der Waals surface area contributed by atoms with Crippen molar-refractivity contribution in [3.05, 3.63) is 35.1 Å². The third-order valence-corrected chi connectivity index (χ3v) is 2.32. The summed E-state index contributed by atoms with van der Waals surface area (Å²) in [7, 11) is 0. The van der Waals surface area contributed by atoms with Crippen molar-refractivity contribution in [2.45, 2.75) is 18.6 Å². The smallest absolute Gasteiger partial charge is 0.152 e. The minimum Gasteiger partial charge on any atom is -0.390 e. The first-order chi connectivity index (χ1) is 7.60. The molecular weight excluding hydrogens is 213 g/mol. The van der Waals surface area contributed by atoms with E-state index in [2.05, 4.69) is 0 Å². The first-order valence-corrected chi connectivity index (χ1v) is 4.91. The zero-order valence-electron chi connectivity index (χ0n) is 8.64. The maximum atomic E-state index is 13.2. The molecule has 2 atom stereocenters. The molecule has 16 heavy (non-hydrogen) atoms. The highest BCUT2D eigenvalue weighted by Crippen LogP contribution is 2.20. The van der Waals surface area contributed by atoms with Crippen molar-refractivity contribution in [3.63, 3.8) is 0 Å². The Labute approximate surface area is 92.5 Å². The lowest BCUT2D eigenvalue weighted by atomic mass is 10.0. The molecule has 0 bridgehead atoms. The molecule has 1 aromatic carbocycles. The number of rotatable bonds is 5. The number of aliphatic hydroxyl groups excluding tert-OH is 2. The van der Waals surface area contributed by atoms with Crippen LogP contribution in [0.25, 0.3) is 0 Å². The van der Waals surface area contributed by atoms with Gasteiger partial charge in [-0.05, 0) is 30.7 Å². The molecule has 0 amide bonds. The van der Waals surface area contributed by atoms with Gasteiger partial charge in [0.1, 0.15) is 11.9 Å². The Balaban J connectivity index is 2.88. The van der Waals surface area contributed by atoms with Gasteiger partial charge >= 0.3 is 0 Å². The lowest BCUT2D eigenvalue weighted by Crippen LogP contribution is -2.21. The molecule has 0 fully saturated rings. The summed E-state index contributed by atoms with van der Waals surface area (Å²) in [5.41, 5.74) is 5.38. The predicted octanol–water partition coefficient (Wildman–Crippen LogP) is 0.381. The van der Waals surface area contributed by atoms with Crippen molar-refractivity contribution in [1.29, 1.82) is 0 Å². The van der Waals surface area contributed by atoms with Gasteiger partial charge in [-0.25, -0.2) is 4.39 Å². The lowest BCUT2D eigenvalue weighted by molar-refractivity contribution is 0.0148. The Morgan fingerprint density at radius 3 is 2.62 bits per heavy atom. The van der Waals surface area contributed by atoms with Crippen LogP contribution < -0.4 is 5.73 Å². The summed E-state index contributed by atoms with van der Waals surface area (Å²) in [5, 5.41) is 19.1. The molecule has 0 spiro atoms. The topological polar surface area (TPSA) is 83.6 Å². The molecule has 0 aromatic heterocycles. The molecule has 0 aliphatic carbocycles. The molecule has 0 radical (unpaired) electrons. The molecular formula is C11H14FNO3. The van der Waals surface area contributed by atoms with Gasteiger partial charge in [-0.15, -0.1) is 0 Å². The number of aldehydes is 1. The fraction of sp³-hybridized carbons (Fsp3) is 0.364. The van der Waals surface area contributed by atoms with Gasteiger partial charge in [0.15, 0.2) is 6.29 Å². The molecule has 0 saturated heterocycles. The van der Waals surface area contributed by atoms with Crippen LogP contribution in [0.15, 0.2) is 18.2 Å². The lowest BCUT2D eigenvalue weighted by Gasteiger charge is -2.17. The number of halogens is 1. The van der Waals surface area contributed by atoms with Crippen LogP contribution in [0.3, 0.4) is 0 Å². The first kappa shape index (κ1) is 12.8. The summed E-state index contributed by atoms with van der Waals surface area (Å²) >= 11 is 0. The highest BCUT2D eigenvalue weighted by molar-refractivity contribution is 5.75. The van der Waals surface area contributed by atoms with Crippen LogP contribution in [0.1, 0.15) is 28.4 Å². The third-order valence-electron chi connectivity index (χ3n) is 2.32. The molecule has 4 N–H and O–H groups in total. The van der Waals surface area contributed by atoms with E-state index in [1.807, 2.05) is 0 Å². The Bertz CT molecular complexity index is 370. The van der Waals surface area contributed by atoms with E-state index in [0.717, 1.165) is 6.07 Å². The molecule has 2 unspecified atom stereocenters. The largest absolute Gasteiger partial charge is 0.390 e. The predicted molar refractivity (Wildman–Crippen MR) is 56.4 cm³/mol. The molecule has 0 aliphatic heterocycles. The summed E-state index contributed by atoms with van der Waals surface area (Å²) in [4.78, 5) is 10.4. The highest BCUT2D eigenvalue weighted by atomic mass is 19.1. The van der Waals surface area contributed by atoms with Gasteiger partial charge in [0.2, 0.25) is 0 Å². The summed E-state index contributed by atoms with van der Waals surface area (Å²) in [6.07, 6.45) is -1.62. The van der Waals surface area contributed by atoms with Crippen molar-refractivity contribution in [2.24, 2.45) is 5.73 Å². The van der Waals surface area contributed by atoms with Gasteiger partial charge in [-0.2, -0.15) is 0 Å². The minimum atomic E-state index is -1.20. The second-order valence-corrected chi connectivity index (χ2v) is 3.49. The maximum absolute atomic E-state index is 13.2. The normalized spacial score (nSPS) is 14.5. The minimum absolute atomic E-state index is 0.0794. The van der Waals surface area contributed by atoms with Crippen LogP contribution in [-0.2, 0) is 0 Å². The van der Waals surface area contributed by atoms with E-state index in [1.54, 1.807) is 0 Å². The molecule has 4 nitrogen and oxygen atoms in total. The number of hydrogen-bond donors (Lipinski definition) is 3. The van der Waals surface area contributed by atoms with Crippen LogP contribution in [0, 0.1) is 5.82 Å². The fourth-order valence-corrected chi connectivity index (χ4v) is 1.37. The zero-order chi connectivity index (χ0) is 12.1. The van der Waals surface area contributed by atoms with E-state index in [9.17, 15) is 19.4 Å². The number of hydrogen-bond acceptors (Lipinski definition) is 4. The number of carbonyl (C=O) groups excluding carboxylic acids is 1. The van der Waals surface area contributed by atoms with Gasteiger partial charge in [0.05, 0.1) is 11.7 Å². The average molecular weight is 227 g/mol. The SMILES string of the molecule is NCCC(O)C(O)c1ccc(C=O)c(F)c1. The summed E-state index contributed by atoms with van der Waals surface area (Å²) in [6.45, 7) is 0.229. The third kappa shape index (κ3) is 2.85. The van der Waals surface area contributed by atoms with E-state index >= 15 is 0 Å². The van der Waals surface area contributed by atoms with Gasteiger partial charge < -0.3 is 15.9 Å². The van der Waals surface area contributed by atoms with Gasteiger partial charge in [-0.3, -0.25) is 4.79 Å². The van der Waals surface area contributed by atoms with Crippen LogP contribution in [0.5, 0.6) is 0 Å². The number of carbonyl (C=O) groups is 1. The number of aliphatic hydroxyl groups is 2. The highest BCUT2D eigenvalue weighted by Gasteiger charge is 2.18. The van der Waals surface area contributed by atoms with Crippen molar-refractivity contribution in [1.82, 2.24) is 0 Å². The first-order valence-electron chi connectivity index (χ1n) is 4.91. The van der Waals surface area contributed by atoms with Crippen molar-refractivity contribution in [3.8, 4) is 0 Å². The molecule has 0 aliphatic rings. The van der Waals surface area contributed by atoms with E-state index in [1.165, 1.54) is 12.1 Å². The van der Waals surface area contributed by atoms with E-state index in [4.69, 9.17) is 5.73 Å². The fourth-order valence-electron chi connectivity index (χ4n) is 1.37. The van der Waals surface area contributed by atoms with Crippen molar-refractivity contribution >= 4 is 6.29 Å². The van der Waals surface area contributed by atoms with Crippen LogP contribution in [0.2, 0.25) is 0 Å². The van der Waals surface area contributed by atoms with Crippen LogP contribution in [-0.4, -0.2) is 29.1 Å². The molecule has 0 saturated carbocycles. The van der Waals surface area contributed by atoms with Crippen molar-refractivity contribution < 1.29 is 19.4 Å². The average Bonchev–Trinajstić information content (AvgIpc) is 2.28. The van der Waals surface area contributed by atoms with E-state index in [0.29, 0.717) is 6.29 Å². The molecule has 1 aromatic rings. The Morgan fingerprint density at radius 1 is 1.44 bits per heavy atom. The van der Waals surface area contributed by atoms with Crippen LogP contribution in [0.4, 0.5) is 4.39 Å². The Morgan fingerprint density at radius 2 is 2.12 bits per heavy atom. The van der Waals surface area contributed by atoms with Crippen molar-refractivity contribution in [2.75, 3.05) is 6.54 Å². The summed E-state index contributed by atoms with van der Waals surface area (Å²) in [5.74, 6) is -0.716. The summed E-state index contributed by atoms with van der Waals surface area (Å²) < 4.78 is 13.2. The molecule has 0 heterocycles. The standard InChI is InChI=1S/C11H14FNO3/c12-9-5-7(1-2-8(9)6-14)11(16)10(15)3-4-13/h1-2,5-6,10-11,15-16H,3-4,13H2. The van der Waals surface area contributed by atoms with Gasteiger partial charge in [0.25, 0.3) is 0 Å². The second-order valence-electron chi connectivity index (χ2n) is 3.49. The monoisotopic (exact) mass is 227 g/mol. The zero-order valence-corrected chi connectivity index (χ0v) is 8.64. The Kier molecular flexibility index (Phi) is 4.54. The van der Waals surface area contributed by atoms with Gasteiger partial charge in [-0.1, -0.05) is 6.07 Å². The molecule has 88 valence electrons. The maximum Gasteiger partial charge on any atom is 0.152 e. The quantitative estimate of drug-likeness (QED) is 0.635. The second kappa shape index (κ2) is 5.69. The molecule has 5 heteroatoms. The number of benzene rings is 1. The van der Waals surface area contributed by atoms with Gasteiger partial charge in [0, 0.05) is 0 Å². The van der Waals surface area contributed by atoms with E-state index in [-0.39, 0.29) is 24.1 Å². The van der Waals surface area contributed by atoms with Crippen LogP contribution >= 0.6 is 0 Å². The molecule has 1 rings (SSSR count). The van der Waals surface area contributed by atoms with E-state index < -0.39 is 18.0 Å².